The SMILES string of the molecule is Cc1cc(C)c(C#N)c(N2CC(CC(=O)O)C2)n1. The van der Waals surface area contributed by atoms with Crippen LogP contribution >= 0.6 is 0 Å². The number of hydrogen-bond donors (Lipinski definition) is 1. The van der Waals surface area contributed by atoms with Gasteiger partial charge >= 0.3 is 5.97 Å². The minimum absolute atomic E-state index is 0.164. The van der Waals surface area contributed by atoms with Crippen molar-refractivity contribution >= 4 is 11.8 Å². The van der Waals surface area contributed by atoms with E-state index < -0.39 is 5.97 Å². The first kappa shape index (κ1) is 12.4. The summed E-state index contributed by atoms with van der Waals surface area (Å²) in [6, 6.07) is 4.06. The van der Waals surface area contributed by atoms with Gasteiger partial charge in [-0.1, -0.05) is 0 Å². The number of aromatic nitrogens is 1. The van der Waals surface area contributed by atoms with Crippen molar-refractivity contribution in [1.29, 1.82) is 5.26 Å². The second-order valence-corrected chi connectivity index (χ2v) is 4.76. The molecule has 18 heavy (non-hydrogen) atoms. The molecule has 0 saturated carbocycles. The first-order valence-corrected chi connectivity index (χ1v) is 5.86. The van der Waals surface area contributed by atoms with E-state index in [2.05, 4.69) is 11.1 Å². The molecule has 1 aliphatic rings. The summed E-state index contributed by atoms with van der Waals surface area (Å²) in [7, 11) is 0. The summed E-state index contributed by atoms with van der Waals surface area (Å²) in [5, 5.41) is 17.9. The maximum atomic E-state index is 10.6. The van der Waals surface area contributed by atoms with E-state index in [0.29, 0.717) is 24.5 Å². The Labute approximate surface area is 106 Å². The van der Waals surface area contributed by atoms with Crippen molar-refractivity contribution < 1.29 is 9.90 Å². The van der Waals surface area contributed by atoms with Crippen molar-refractivity contribution in [2.75, 3.05) is 18.0 Å². The highest BCUT2D eigenvalue weighted by molar-refractivity contribution is 5.68. The number of hydrogen-bond acceptors (Lipinski definition) is 4. The molecule has 1 saturated heterocycles. The minimum atomic E-state index is -0.770. The summed E-state index contributed by atoms with van der Waals surface area (Å²) in [6.45, 7) is 5.12. The predicted molar refractivity (Wildman–Crippen MR) is 66.4 cm³/mol. The highest BCUT2D eigenvalue weighted by Crippen LogP contribution is 2.29. The van der Waals surface area contributed by atoms with Gasteiger partial charge in [0.25, 0.3) is 0 Å². The van der Waals surface area contributed by atoms with Crippen LogP contribution in [0.15, 0.2) is 6.07 Å². The quantitative estimate of drug-likeness (QED) is 0.872. The van der Waals surface area contributed by atoms with Crippen LogP contribution in [0.1, 0.15) is 23.2 Å². The molecule has 1 N–H and O–H groups in total. The van der Waals surface area contributed by atoms with E-state index in [0.717, 1.165) is 11.3 Å². The van der Waals surface area contributed by atoms with Gasteiger partial charge < -0.3 is 10.0 Å². The summed E-state index contributed by atoms with van der Waals surface area (Å²) in [4.78, 5) is 17.0. The number of aryl methyl sites for hydroxylation is 2. The van der Waals surface area contributed by atoms with E-state index in [1.54, 1.807) is 0 Å². The molecule has 0 aromatic carbocycles. The van der Waals surface area contributed by atoms with Gasteiger partial charge in [0.1, 0.15) is 11.9 Å². The number of pyridine rings is 1. The Morgan fingerprint density at radius 3 is 2.83 bits per heavy atom. The monoisotopic (exact) mass is 245 g/mol. The molecule has 0 radical (unpaired) electrons. The zero-order valence-electron chi connectivity index (χ0n) is 10.5. The predicted octanol–water partition coefficient (Wildman–Crippen LogP) is 1.48. The van der Waals surface area contributed by atoms with Gasteiger partial charge in [-0.3, -0.25) is 4.79 Å². The van der Waals surface area contributed by atoms with Crippen LogP contribution in [0.3, 0.4) is 0 Å². The van der Waals surface area contributed by atoms with Crippen LogP contribution in [0.2, 0.25) is 0 Å². The lowest BCUT2D eigenvalue weighted by Gasteiger charge is -2.40. The molecule has 0 atom stereocenters. The van der Waals surface area contributed by atoms with E-state index >= 15 is 0 Å². The average molecular weight is 245 g/mol. The second-order valence-electron chi connectivity index (χ2n) is 4.76. The summed E-state index contributed by atoms with van der Waals surface area (Å²) in [5.41, 5.74) is 2.39. The lowest BCUT2D eigenvalue weighted by Crippen LogP contribution is -2.48. The molecule has 1 aromatic heterocycles. The van der Waals surface area contributed by atoms with Gasteiger partial charge in [-0.05, 0) is 25.5 Å². The van der Waals surface area contributed by atoms with Crippen LogP contribution < -0.4 is 4.90 Å². The molecular formula is C13H15N3O2. The van der Waals surface area contributed by atoms with Gasteiger partial charge in [0.2, 0.25) is 0 Å². The third kappa shape index (κ3) is 2.28. The van der Waals surface area contributed by atoms with Gasteiger partial charge in [0, 0.05) is 24.7 Å². The smallest absolute Gasteiger partial charge is 0.303 e. The minimum Gasteiger partial charge on any atom is -0.481 e. The van der Waals surface area contributed by atoms with Crippen molar-refractivity contribution in [2.45, 2.75) is 20.3 Å². The average Bonchev–Trinajstić information content (AvgIpc) is 2.21. The summed E-state index contributed by atoms with van der Waals surface area (Å²) < 4.78 is 0. The Morgan fingerprint density at radius 1 is 1.61 bits per heavy atom. The van der Waals surface area contributed by atoms with Crippen molar-refractivity contribution in [2.24, 2.45) is 5.92 Å². The molecule has 5 nitrogen and oxygen atoms in total. The number of carbonyl (C=O) groups is 1. The third-order valence-electron chi connectivity index (χ3n) is 3.16. The molecular weight excluding hydrogens is 230 g/mol. The Hall–Kier alpha value is -2.09. The van der Waals surface area contributed by atoms with E-state index in [4.69, 9.17) is 10.4 Å². The molecule has 94 valence electrons. The van der Waals surface area contributed by atoms with Gasteiger partial charge in [0.05, 0.1) is 12.0 Å². The fraction of sp³-hybridized carbons (Fsp3) is 0.462. The van der Waals surface area contributed by atoms with Crippen LogP contribution in [0.4, 0.5) is 5.82 Å². The van der Waals surface area contributed by atoms with Crippen LogP contribution in [-0.4, -0.2) is 29.1 Å². The van der Waals surface area contributed by atoms with E-state index in [1.165, 1.54) is 0 Å². The second kappa shape index (κ2) is 4.65. The number of anilines is 1. The van der Waals surface area contributed by atoms with Crippen molar-refractivity contribution in [3.8, 4) is 6.07 Å². The van der Waals surface area contributed by atoms with E-state index in [-0.39, 0.29) is 12.3 Å². The molecule has 0 bridgehead atoms. The fourth-order valence-corrected chi connectivity index (χ4v) is 2.30. The van der Waals surface area contributed by atoms with Crippen LogP contribution in [0.25, 0.3) is 0 Å². The summed E-state index contributed by atoms with van der Waals surface area (Å²) in [6.07, 6.45) is 0.184. The summed E-state index contributed by atoms with van der Waals surface area (Å²) in [5.74, 6) is 0.0850. The number of aliphatic carboxylic acids is 1. The van der Waals surface area contributed by atoms with Crippen molar-refractivity contribution in [3.63, 3.8) is 0 Å². The van der Waals surface area contributed by atoms with E-state index in [1.807, 2.05) is 24.8 Å². The third-order valence-corrected chi connectivity index (χ3v) is 3.16. The van der Waals surface area contributed by atoms with Crippen molar-refractivity contribution in [3.05, 3.63) is 22.9 Å². The lowest BCUT2D eigenvalue weighted by molar-refractivity contribution is -0.138. The van der Waals surface area contributed by atoms with Crippen LogP contribution in [-0.2, 0) is 4.79 Å². The molecule has 0 aliphatic carbocycles. The highest BCUT2D eigenvalue weighted by Gasteiger charge is 2.31. The summed E-state index contributed by atoms with van der Waals surface area (Å²) >= 11 is 0. The molecule has 0 amide bonds. The number of nitrogens with zero attached hydrogens (tertiary/aromatic N) is 3. The topological polar surface area (TPSA) is 77.2 Å². The first-order valence-electron chi connectivity index (χ1n) is 5.86. The maximum Gasteiger partial charge on any atom is 0.303 e. The molecule has 1 fully saturated rings. The molecule has 1 aliphatic heterocycles. The van der Waals surface area contributed by atoms with E-state index in [9.17, 15) is 4.79 Å². The number of carboxylic acid groups (broad SMARTS) is 1. The molecule has 1 aromatic rings. The zero-order valence-corrected chi connectivity index (χ0v) is 10.5. The Bertz CT molecular complexity index is 528. The Balaban J connectivity index is 2.17. The van der Waals surface area contributed by atoms with Crippen LogP contribution in [0, 0.1) is 31.1 Å². The fourth-order valence-electron chi connectivity index (χ4n) is 2.30. The van der Waals surface area contributed by atoms with Gasteiger partial charge in [-0.25, -0.2) is 4.98 Å². The molecule has 2 rings (SSSR count). The number of carboxylic acids is 1. The normalized spacial score (nSPS) is 15.1. The Morgan fingerprint density at radius 2 is 2.28 bits per heavy atom. The maximum absolute atomic E-state index is 10.6. The zero-order chi connectivity index (χ0) is 13.3. The van der Waals surface area contributed by atoms with Gasteiger partial charge in [-0.2, -0.15) is 5.26 Å². The standard InChI is InChI=1S/C13H15N3O2/c1-8-3-9(2)15-13(11(8)5-14)16-6-10(7-16)4-12(17)18/h3,10H,4,6-7H2,1-2H3,(H,17,18). The Kier molecular flexibility index (Phi) is 3.19. The molecule has 0 unspecified atom stereocenters. The molecule has 5 heteroatoms. The van der Waals surface area contributed by atoms with Gasteiger partial charge in [-0.15, -0.1) is 0 Å². The number of rotatable bonds is 3. The van der Waals surface area contributed by atoms with Crippen LogP contribution in [0.5, 0.6) is 0 Å². The largest absolute Gasteiger partial charge is 0.481 e. The lowest BCUT2D eigenvalue weighted by atomic mass is 9.95. The highest BCUT2D eigenvalue weighted by atomic mass is 16.4. The van der Waals surface area contributed by atoms with Gasteiger partial charge in [0.15, 0.2) is 0 Å². The molecule has 2 heterocycles. The van der Waals surface area contributed by atoms with Crippen molar-refractivity contribution in [1.82, 2.24) is 4.98 Å². The first-order chi connectivity index (χ1) is 8.51. The number of nitriles is 1. The molecule has 0 spiro atoms.